The lowest BCUT2D eigenvalue weighted by Gasteiger charge is -2.19. The molecule has 5 heteroatoms. The topological polar surface area (TPSA) is 53.4 Å². The molecular weight excluding hydrogens is 276 g/mol. The van der Waals surface area contributed by atoms with Gasteiger partial charge in [0.1, 0.15) is 5.82 Å². The summed E-state index contributed by atoms with van der Waals surface area (Å²) in [6.45, 7) is 0.734. The highest BCUT2D eigenvalue weighted by Crippen LogP contribution is 2.35. The Morgan fingerprint density at radius 1 is 1.40 bits per heavy atom. The molecule has 2 aromatic rings. The first-order chi connectivity index (χ1) is 9.70. The fourth-order valence-electron chi connectivity index (χ4n) is 2.56. The summed E-state index contributed by atoms with van der Waals surface area (Å²) in [5.41, 5.74) is 3.17. The summed E-state index contributed by atoms with van der Waals surface area (Å²) < 4.78 is 0. The fraction of sp³-hybridized carbons (Fsp3) is 0.200. The number of aromatic nitrogens is 1. The smallest absolute Gasteiger partial charge is 0.336 e. The fourth-order valence-corrected chi connectivity index (χ4v) is 2.73. The SMILES string of the molecule is O=C(O)c1cccc2c1CCN2c1cc(CCl)ccn1. The Kier molecular flexibility index (Phi) is 3.32. The number of pyridine rings is 1. The zero-order chi connectivity index (χ0) is 14.1. The molecule has 1 aromatic carbocycles. The molecule has 0 saturated heterocycles. The number of alkyl halides is 1. The van der Waals surface area contributed by atoms with Crippen molar-refractivity contribution in [2.75, 3.05) is 11.4 Å². The van der Waals surface area contributed by atoms with Gasteiger partial charge >= 0.3 is 5.97 Å². The summed E-state index contributed by atoms with van der Waals surface area (Å²) in [5, 5.41) is 9.24. The zero-order valence-electron chi connectivity index (χ0n) is 10.7. The molecule has 0 radical (unpaired) electrons. The molecule has 1 N–H and O–H groups in total. The van der Waals surface area contributed by atoms with Crippen molar-refractivity contribution in [1.82, 2.24) is 4.98 Å². The van der Waals surface area contributed by atoms with Gasteiger partial charge in [-0.05, 0) is 41.8 Å². The molecule has 2 heterocycles. The van der Waals surface area contributed by atoms with Gasteiger partial charge in [-0.1, -0.05) is 6.07 Å². The van der Waals surface area contributed by atoms with Crippen LogP contribution in [0.3, 0.4) is 0 Å². The van der Waals surface area contributed by atoms with E-state index >= 15 is 0 Å². The minimum absolute atomic E-state index is 0.374. The second-order valence-electron chi connectivity index (χ2n) is 4.67. The second kappa shape index (κ2) is 5.13. The molecule has 4 nitrogen and oxygen atoms in total. The average Bonchev–Trinajstić information content (AvgIpc) is 2.91. The van der Waals surface area contributed by atoms with E-state index in [1.807, 2.05) is 23.1 Å². The Hall–Kier alpha value is -2.07. The predicted molar refractivity (Wildman–Crippen MR) is 77.9 cm³/mol. The molecule has 0 amide bonds. The summed E-state index contributed by atoms with van der Waals surface area (Å²) >= 11 is 5.85. The van der Waals surface area contributed by atoms with Gasteiger partial charge in [0.05, 0.1) is 5.56 Å². The molecule has 3 rings (SSSR count). The average molecular weight is 289 g/mol. The van der Waals surface area contributed by atoms with Crippen molar-refractivity contribution in [1.29, 1.82) is 0 Å². The van der Waals surface area contributed by atoms with Crippen molar-refractivity contribution in [2.45, 2.75) is 12.3 Å². The van der Waals surface area contributed by atoms with Crippen molar-refractivity contribution >= 4 is 29.1 Å². The van der Waals surface area contributed by atoms with Gasteiger partial charge < -0.3 is 10.0 Å². The third kappa shape index (κ3) is 2.12. The Labute approximate surface area is 121 Å². The number of aromatic carboxylic acids is 1. The molecule has 0 saturated carbocycles. The molecule has 1 aromatic heterocycles. The van der Waals surface area contributed by atoms with Gasteiger partial charge in [0.15, 0.2) is 0 Å². The molecular formula is C15H13ClN2O2. The number of carboxylic acid groups (broad SMARTS) is 1. The molecule has 0 bridgehead atoms. The van der Waals surface area contributed by atoms with Crippen molar-refractivity contribution < 1.29 is 9.90 Å². The van der Waals surface area contributed by atoms with Crippen LogP contribution in [0.2, 0.25) is 0 Å². The van der Waals surface area contributed by atoms with E-state index < -0.39 is 5.97 Å². The third-order valence-electron chi connectivity index (χ3n) is 3.50. The van der Waals surface area contributed by atoms with E-state index in [0.29, 0.717) is 17.9 Å². The number of hydrogen-bond acceptors (Lipinski definition) is 3. The van der Waals surface area contributed by atoms with E-state index in [1.54, 1.807) is 18.3 Å². The lowest BCUT2D eigenvalue weighted by molar-refractivity contribution is 0.0696. The molecule has 0 fully saturated rings. The predicted octanol–water partition coefficient (Wildman–Crippen LogP) is 3.21. The Bertz CT molecular complexity index is 673. The number of fused-ring (bicyclic) bond motifs is 1. The lowest BCUT2D eigenvalue weighted by atomic mass is 10.1. The lowest BCUT2D eigenvalue weighted by Crippen LogP contribution is -2.14. The van der Waals surface area contributed by atoms with Gasteiger partial charge in [0.25, 0.3) is 0 Å². The van der Waals surface area contributed by atoms with Gasteiger partial charge in [-0.15, -0.1) is 11.6 Å². The number of carbonyl (C=O) groups is 1. The highest BCUT2D eigenvalue weighted by Gasteiger charge is 2.25. The maximum atomic E-state index is 11.3. The first-order valence-electron chi connectivity index (χ1n) is 6.34. The van der Waals surface area contributed by atoms with E-state index in [9.17, 15) is 9.90 Å². The number of anilines is 2. The maximum absolute atomic E-state index is 11.3. The quantitative estimate of drug-likeness (QED) is 0.881. The Morgan fingerprint density at radius 2 is 2.25 bits per heavy atom. The molecule has 102 valence electrons. The monoisotopic (exact) mass is 288 g/mol. The standard InChI is InChI=1S/C15H13ClN2O2/c16-9-10-4-6-17-14(8-10)18-7-5-11-12(15(19)20)2-1-3-13(11)18/h1-4,6,8H,5,7,9H2,(H,19,20). The molecule has 20 heavy (non-hydrogen) atoms. The van der Waals surface area contributed by atoms with E-state index in [1.165, 1.54) is 0 Å². The second-order valence-corrected chi connectivity index (χ2v) is 4.93. The van der Waals surface area contributed by atoms with E-state index in [-0.39, 0.29) is 0 Å². The number of nitrogens with zero attached hydrogens (tertiary/aromatic N) is 2. The Morgan fingerprint density at radius 3 is 3.00 bits per heavy atom. The van der Waals surface area contributed by atoms with Crippen LogP contribution < -0.4 is 4.90 Å². The van der Waals surface area contributed by atoms with Crippen LogP contribution >= 0.6 is 11.6 Å². The Balaban J connectivity index is 2.05. The summed E-state index contributed by atoms with van der Waals surface area (Å²) in [6, 6.07) is 9.17. The van der Waals surface area contributed by atoms with Crippen LogP contribution in [-0.4, -0.2) is 22.6 Å². The number of hydrogen-bond donors (Lipinski definition) is 1. The summed E-state index contributed by atoms with van der Waals surface area (Å²) in [5.74, 6) is 0.362. The molecule has 1 aliphatic rings. The molecule has 0 spiro atoms. The van der Waals surface area contributed by atoms with Gasteiger partial charge in [-0.2, -0.15) is 0 Å². The van der Waals surface area contributed by atoms with Crippen LogP contribution in [-0.2, 0) is 12.3 Å². The first kappa shape index (κ1) is 12.9. The normalized spacial score (nSPS) is 13.3. The van der Waals surface area contributed by atoms with Crippen LogP contribution in [0.5, 0.6) is 0 Å². The highest BCUT2D eigenvalue weighted by atomic mass is 35.5. The molecule has 1 aliphatic heterocycles. The highest BCUT2D eigenvalue weighted by molar-refractivity contribution is 6.17. The third-order valence-corrected chi connectivity index (χ3v) is 3.81. The van der Waals surface area contributed by atoms with Crippen molar-refractivity contribution in [2.24, 2.45) is 0 Å². The van der Waals surface area contributed by atoms with Gasteiger partial charge in [-0.25, -0.2) is 9.78 Å². The number of rotatable bonds is 3. The summed E-state index contributed by atoms with van der Waals surface area (Å²) in [7, 11) is 0. The first-order valence-corrected chi connectivity index (χ1v) is 6.88. The molecule has 0 aliphatic carbocycles. The number of carboxylic acids is 1. The van der Waals surface area contributed by atoms with E-state index in [0.717, 1.165) is 29.2 Å². The van der Waals surface area contributed by atoms with Crippen LogP contribution in [0.15, 0.2) is 36.5 Å². The minimum Gasteiger partial charge on any atom is -0.478 e. The van der Waals surface area contributed by atoms with Crippen molar-refractivity contribution in [3.8, 4) is 0 Å². The minimum atomic E-state index is -0.883. The van der Waals surface area contributed by atoms with E-state index in [4.69, 9.17) is 11.6 Å². The van der Waals surface area contributed by atoms with Crippen LogP contribution in [0.1, 0.15) is 21.5 Å². The molecule has 0 atom stereocenters. The van der Waals surface area contributed by atoms with Crippen molar-refractivity contribution in [3.05, 3.63) is 53.2 Å². The van der Waals surface area contributed by atoms with Crippen LogP contribution in [0.4, 0.5) is 11.5 Å². The van der Waals surface area contributed by atoms with Crippen LogP contribution in [0.25, 0.3) is 0 Å². The number of halogens is 1. The van der Waals surface area contributed by atoms with Gasteiger partial charge in [0, 0.05) is 24.3 Å². The van der Waals surface area contributed by atoms with Gasteiger partial charge in [0.2, 0.25) is 0 Å². The van der Waals surface area contributed by atoms with Crippen molar-refractivity contribution in [3.63, 3.8) is 0 Å². The van der Waals surface area contributed by atoms with Gasteiger partial charge in [-0.3, -0.25) is 0 Å². The summed E-state index contributed by atoms with van der Waals surface area (Å²) in [6.07, 6.45) is 2.44. The number of benzene rings is 1. The zero-order valence-corrected chi connectivity index (χ0v) is 11.5. The molecule has 0 unspecified atom stereocenters. The maximum Gasteiger partial charge on any atom is 0.336 e. The van der Waals surface area contributed by atoms with E-state index in [2.05, 4.69) is 4.98 Å². The summed E-state index contributed by atoms with van der Waals surface area (Å²) in [4.78, 5) is 17.7. The van der Waals surface area contributed by atoms with Crippen LogP contribution in [0, 0.1) is 0 Å². The largest absolute Gasteiger partial charge is 0.478 e.